The van der Waals surface area contributed by atoms with Crippen LogP contribution in [0.15, 0.2) is 47.4 Å². The lowest BCUT2D eigenvalue weighted by molar-refractivity contribution is -0.159. The van der Waals surface area contributed by atoms with E-state index in [1.807, 2.05) is 23.1 Å². The average molecular weight is 308 g/mol. The van der Waals surface area contributed by atoms with E-state index in [2.05, 4.69) is 19.6 Å². The van der Waals surface area contributed by atoms with E-state index in [4.69, 9.17) is 0 Å². The zero-order valence-electron chi connectivity index (χ0n) is 11.3. The molecule has 0 fully saturated rings. The minimum Gasteiger partial charge on any atom is -0.369 e. The van der Waals surface area contributed by atoms with E-state index in [1.54, 1.807) is 24.7 Å². The van der Waals surface area contributed by atoms with Crippen molar-refractivity contribution in [2.24, 2.45) is 0 Å². The molecule has 8 heteroatoms. The fraction of sp³-hybridized carbons (Fsp3) is 0.214. The monoisotopic (exact) mass is 308 g/mol. The first kappa shape index (κ1) is 14.3. The lowest BCUT2D eigenvalue weighted by atomic mass is 10.1. The molecule has 3 rings (SSSR count). The molecule has 0 atom stereocenters. The van der Waals surface area contributed by atoms with Crippen molar-refractivity contribution in [2.75, 3.05) is 6.54 Å². The van der Waals surface area contributed by atoms with Crippen LogP contribution >= 0.6 is 0 Å². The molecule has 0 saturated carbocycles. The summed E-state index contributed by atoms with van der Waals surface area (Å²) in [6, 6.07) is 3.75. The third-order valence-electron chi connectivity index (χ3n) is 3.02. The molecular formula is C14H11F3N4O. The van der Waals surface area contributed by atoms with E-state index in [1.165, 1.54) is 0 Å². The number of nitrogens with zero attached hydrogens (tertiary/aromatic N) is 4. The number of allylic oxidation sites excluding steroid dienone is 2. The van der Waals surface area contributed by atoms with Crippen molar-refractivity contribution < 1.29 is 17.7 Å². The fourth-order valence-corrected chi connectivity index (χ4v) is 2.03. The minimum atomic E-state index is -4.64. The highest BCUT2D eigenvalue weighted by Gasteiger charge is 2.38. The predicted octanol–water partition coefficient (Wildman–Crippen LogP) is 2.90. The normalized spacial score (nSPS) is 15.0. The SMILES string of the molecule is FC(F)(F)c1nc(C2=CN(Cc3ccncc3)CC=C2)no1. The van der Waals surface area contributed by atoms with E-state index in [0.29, 0.717) is 18.7 Å². The Morgan fingerprint density at radius 3 is 2.68 bits per heavy atom. The molecule has 0 radical (unpaired) electrons. The van der Waals surface area contributed by atoms with Crippen LogP contribution < -0.4 is 0 Å². The number of alkyl halides is 3. The van der Waals surface area contributed by atoms with Crippen LogP contribution in [0.3, 0.4) is 0 Å². The van der Waals surface area contributed by atoms with Crippen molar-refractivity contribution in [1.82, 2.24) is 20.0 Å². The Labute approximate surface area is 123 Å². The summed E-state index contributed by atoms with van der Waals surface area (Å²) in [5.41, 5.74) is 1.52. The van der Waals surface area contributed by atoms with Crippen molar-refractivity contribution in [3.63, 3.8) is 0 Å². The molecule has 0 aliphatic carbocycles. The van der Waals surface area contributed by atoms with Gasteiger partial charge in [-0.1, -0.05) is 17.3 Å². The molecule has 1 aliphatic heterocycles. The maximum Gasteiger partial charge on any atom is 0.471 e. The molecular weight excluding hydrogens is 297 g/mol. The summed E-state index contributed by atoms with van der Waals surface area (Å²) in [5.74, 6) is -1.42. The van der Waals surface area contributed by atoms with Gasteiger partial charge in [-0.3, -0.25) is 4.98 Å². The summed E-state index contributed by atoms with van der Waals surface area (Å²) in [6.07, 6.45) is 3.96. The lowest BCUT2D eigenvalue weighted by Gasteiger charge is -2.22. The molecule has 2 aromatic heterocycles. The first-order valence-corrected chi connectivity index (χ1v) is 6.45. The van der Waals surface area contributed by atoms with E-state index in [9.17, 15) is 13.2 Å². The van der Waals surface area contributed by atoms with Crippen LogP contribution in [0.4, 0.5) is 13.2 Å². The van der Waals surface area contributed by atoms with Crippen LogP contribution in [-0.4, -0.2) is 26.6 Å². The second kappa shape index (κ2) is 5.63. The maximum atomic E-state index is 12.5. The third kappa shape index (κ3) is 3.16. The smallest absolute Gasteiger partial charge is 0.369 e. The highest BCUT2D eigenvalue weighted by atomic mass is 19.4. The van der Waals surface area contributed by atoms with Gasteiger partial charge >= 0.3 is 12.1 Å². The quantitative estimate of drug-likeness (QED) is 0.872. The van der Waals surface area contributed by atoms with Gasteiger partial charge in [0.15, 0.2) is 0 Å². The van der Waals surface area contributed by atoms with Gasteiger partial charge in [-0.05, 0) is 17.7 Å². The van der Waals surface area contributed by atoms with E-state index in [0.717, 1.165) is 5.56 Å². The van der Waals surface area contributed by atoms with Gasteiger partial charge in [-0.15, -0.1) is 0 Å². The van der Waals surface area contributed by atoms with Crippen molar-refractivity contribution in [3.8, 4) is 0 Å². The summed E-state index contributed by atoms with van der Waals surface area (Å²) in [4.78, 5) is 9.27. The fourth-order valence-electron chi connectivity index (χ4n) is 2.03. The van der Waals surface area contributed by atoms with Gasteiger partial charge in [0, 0.05) is 37.3 Å². The van der Waals surface area contributed by atoms with Crippen LogP contribution in [0.2, 0.25) is 0 Å². The molecule has 114 valence electrons. The molecule has 0 amide bonds. The summed E-state index contributed by atoms with van der Waals surface area (Å²) >= 11 is 0. The Morgan fingerprint density at radius 2 is 2.00 bits per heavy atom. The Kier molecular flexibility index (Phi) is 3.66. The first-order valence-electron chi connectivity index (χ1n) is 6.45. The van der Waals surface area contributed by atoms with Crippen LogP contribution in [0.5, 0.6) is 0 Å². The van der Waals surface area contributed by atoms with Crippen LogP contribution in [-0.2, 0) is 12.7 Å². The third-order valence-corrected chi connectivity index (χ3v) is 3.02. The van der Waals surface area contributed by atoms with E-state index in [-0.39, 0.29) is 5.82 Å². The van der Waals surface area contributed by atoms with Crippen molar-refractivity contribution in [1.29, 1.82) is 0 Å². The van der Waals surface area contributed by atoms with Gasteiger partial charge in [0.25, 0.3) is 0 Å². The number of hydrogen-bond donors (Lipinski definition) is 0. The van der Waals surface area contributed by atoms with Crippen molar-refractivity contribution >= 4 is 5.57 Å². The summed E-state index contributed by atoms with van der Waals surface area (Å²) in [7, 11) is 0. The second-order valence-electron chi connectivity index (χ2n) is 4.69. The Morgan fingerprint density at radius 1 is 1.23 bits per heavy atom. The molecule has 1 aliphatic rings. The summed E-state index contributed by atoms with van der Waals surface area (Å²) < 4.78 is 41.7. The van der Waals surface area contributed by atoms with E-state index >= 15 is 0 Å². The highest BCUT2D eigenvalue weighted by Crippen LogP contribution is 2.29. The number of halogens is 3. The second-order valence-corrected chi connectivity index (χ2v) is 4.69. The van der Waals surface area contributed by atoms with Gasteiger partial charge in [0.1, 0.15) is 0 Å². The minimum absolute atomic E-state index is 0.0806. The molecule has 0 saturated heterocycles. The highest BCUT2D eigenvalue weighted by molar-refractivity contribution is 5.69. The molecule has 3 heterocycles. The van der Waals surface area contributed by atoms with Gasteiger partial charge < -0.3 is 9.42 Å². The van der Waals surface area contributed by atoms with Crippen LogP contribution in [0.25, 0.3) is 5.57 Å². The molecule has 0 N–H and O–H groups in total. The first-order chi connectivity index (χ1) is 10.5. The van der Waals surface area contributed by atoms with Crippen molar-refractivity contribution in [3.05, 3.63) is 60.2 Å². The topological polar surface area (TPSA) is 55.1 Å². The standard InChI is InChI=1S/C14H11F3N4O/c15-14(16,17)13-19-12(20-22-13)11-2-1-7-21(9-11)8-10-3-5-18-6-4-10/h1-6,9H,7-8H2. The average Bonchev–Trinajstić information content (AvgIpc) is 2.99. The number of rotatable bonds is 3. The number of aromatic nitrogens is 3. The summed E-state index contributed by atoms with van der Waals surface area (Å²) in [6.45, 7) is 1.26. The molecule has 5 nitrogen and oxygen atoms in total. The lowest BCUT2D eigenvalue weighted by Crippen LogP contribution is -2.19. The molecule has 0 unspecified atom stereocenters. The maximum absolute atomic E-state index is 12.5. The molecule has 0 aromatic carbocycles. The Balaban J connectivity index is 1.78. The van der Waals surface area contributed by atoms with Gasteiger partial charge in [0.2, 0.25) is 5.82 Å². The predicted molar refractivity (Wildman–Crippen MR) is 71.1 cm³/mol. The van der Waals surface area contributed by atoms with Crippen LogP contribution in [0, 0.1) is 0 Å². The Hall–Kier alpha value is -2.64. The molecule has 2 aromatic rings. The van der Waals surface area contributed by atoms with Crippen molar-refractivity contribution in [2.45, 2.75) is 12.7 Å². The summed E-state index contributed by atoms with van der Waals surface area (Å²) in [5, 5.41) is 3.39. The Bertz CT molecular complexity index is 706. The molecule has 0 spiro atoms. The van der Waals surface area contributed by atoms with E-state index < -0.39 is 12.1 Å². The zero-order valence-corrected chi connectivity index (χ0v) is 11.3. The zero-order chi connectivity index (χ0) is 15.6. The molecule has 0 bridgehead atoms. The molecule has 22 heavy (non-hydrogen) atoms. The van der Waals surface area contributed by atoms with Gasteiger partial charge in [-0.25, -0.2) is 0 Å². The number of hydrogen-bond acceptors (Lipinski definition) is 5. The van der Waals surface area contributed by atoms with Gasteiger partial charge in [-0.2, -0.15) is 18.2 Å². The van der Waals surface area contributed by atoms with Gasteiger partial charge in [0.05, 0.1) is 0 Å². The number of pyridine rings is 1. The van der Waals surface area contributed by atoms with Crippen LogP contribution in [0.1, 0.15) is 17.3 Å². The largest absolute Gasteiger partial charge is 0.471 e.